The highest BCUT2D eigenvalue weighted by molar-refractivity contribution is 7.98. The zero-order valence-electron chi connectivity index (χ0n) is 23.8. The predicted molar refractivity (Wildman–Crippen MR) is 170 cm³/mol. The van der Waals surface area contributed by atoms with Crippen LogP contribution in [0.1, 0.15) is 64.6 Å². The van der Waals surface area contributed by atoms with Gasteiger partial charge in [0.2, 0.25) is 0 Å². The van der Waals surface area contributed by atoms with Crippen LogP contribution in [0, 0.1) is 13.8 Å². The molecule has 4 rings (SSSR count). The number of unbranched alkanes of at least 4 members (excludes halogenated alkanes) is 1. The summed E-state index contributed by atoms with van der Waals surface area (Å²) in [5.41, 5.74) is 5.84. The van der Waals surface area contributed by atoms with Crippen LogP contribution in [0.15, 0.2) is 41.3 Å². The van der Waals surface area contributed by atoms with E-state index in [1.165, 1.54) is 0 Å². The minimum atomic E-state index is -0.184. The van der Waals surface area contributed by atoms with E-state index in [1.807, 2.05) is 38.1 Å². The highest BCUT2D eigenvalue weighted by Crippen LogP contribution is 2.39. The van der Waals surface area contributed by atoms with E-state index in [0.717, 1.165) is 71.0 Å². The Morgan fingerprint density at radius 3 is 2.73 bits per heavy atom. The fourth-order valence-electron chi connectivity index (χ4n) is 5.00. The summed E-state index contributed by atoms with van der Waals surface area (Å²) in [4.78, 5) is 32.6. The van der Waals surface area contributed by atoms with Gasteiger partial charge in [0.1, 0.15) is 11.9 Å². The molecule has 0 atom stereocenters. The van der Waals surface area contributed by atoms with E-state index < -0.39 is 0 Å². The third-order valence-electron chi connectivity index (χ3n) is 7.17. The second kappa shape index (κ2) is 14.3. The summed E-state index contributed by atoms with van der Waals surface area (Å²) in [5.74, 6) is 0.778. The smallest absolute Gasteiger partial charge is 0.256 e. The number of amides is 2. The molecule has 218 valence electrons. The molecule has 0 unspecified atom stereocenters. The Balaban J connectivity index is 1.47. The monoisotopic (exact) mass is 614 g/mol. The van der Waals surface area contributed by atoms with Crippen LogP contribution >= 0.6 is 35.2 Å². The van der Waals surface area contributed by atoms with Crippen LogP contribution in [0.5, 0.6) is 5.75 Å². The lowest BCUT2D eigenvalue weighted by Gasteiger charge is -2.15. The molecule has 2 amide bonds. The Labute approximate surface area is 256 Å². The van der Waals surface area contributed by atoms with Gasteiger partial charge in [-0.3, -0.25) is 9.59 Å². The number of thioether (sulfide) groups is 1. The number of fused-ring (bicyclic) bond motifs is 1. The normalized spacial score (nSPS) is 13.5. The molecule has 0 radical (unpaired) electrons. The highest BCUT2D eigenvalue weighted by Gasteiger charge is 2.26. The standard InChI is InChI=1S/C31H36Cl2N4O3S/c1-5-14-37(4)15-7-6-13-34-31(39)29-19(2)27(35-20(29)3)17-23-22-16-21(11-12-26(22)36-30(23)38)41-18-24-25(32)9-8-10-28(24)40-33/h8-12,16-17,35H,5-7,13-15,18H2,1-4H3,(H,34,39)(H,36,38)/b23-17-. The van der Waals surface area contributed by atoms with Gasteiger partial charge < -0.3 is 24.8 Å². The number of hydrogen-bond donors (Lipinski definition) is 3. The fourth-order valence-corrected chi connectivity index (χ4v) is 6.43. The molecule has 7 nitrogen and oxygen atoms in total. The summed E-state index contributed by atoms with van der Waals surface area (Å²) in [5, 5.41) is 6.58. The number of anilines is 1. The maximum absolute atomic E-state index is 13.0. The average molecular weight is 616 g/mol. The van der Waals surface area contributed by atoms with Gasteiger partial charge in [0, 0.05) is 50.4 Å². The SMILES string of the molecule is CCCN(C)CCCCNC(=O)c1c(C)[nH]c(/C=C2\C(=O)Nc3ccc(SCc4c(Cl)cccc4OCl)cc32)c1C. The maximum Gasteiger partial charge on any atom is 0.256 e. The van der Waals surface area contributed by atoms with E-state index in [1.54, 1.807) is 30.0 Å². The summed E-state index contributed by atoms with van der Waals surface area (Å²) in [6.45, 7) is 8.70. The van der Waals surface area contributed by atoms with E-state index in [4.69, 9.17) is 27.8 Å². The lowest BCUT2D eigenvalue weighted by Crippen LogP contribution is -2.26. The zero-order valence-corrected chi connectivity index (χ0v) is 26.2. The molecule has 41 heavy (non-hydrogen) atoms. The van der Waals surface area contributed by atoms with Gasteiger partial charge >= 0.3 is 0 Å². The number of carbonyl (C=O) groups is 2. The summed E-state index contributed by atoms with van der Waals surface area (Å²) >= 11 is 13.6. The Hall–Kier alpha value is -2.91. The summed E-state index contributed by atoms with van der Waals surface area (Å²) in [6.07, 6.45) is 4.92. The number of hydrogen-bond acceptors (Lipinski definition) is 5. The van der Waals surface area contributed by atoms with Crippen LogP contribution in [-0.2, 0) is 10.5 Å². The number of aryl methyl sites for hydroxylation is 1. The van der Waals surface area contributed by atoms with Gasteiger partial charge in [-0.25, -0.2) is 0 Å². The minimum Gasteiger partial charge on any atom is -0.385 e. The molecule has 1 aromatic heterocycles. The minimum absolute atomic E-state index is 0.0994. The first-order valence-corrected chi connectivity index (χ1v) is 15.4. The number of aromatic nitrogens is 1. The Bertz CT molecular complexity index is 1450. The number of carbonyl (C=O) groups excluding carboxylic acids is 2. The van der Waals surface area contributed by atoms with Gasteiger partial charge in [0.05, 0.1) is 11.1 Å². The molecule has 2 aromatic carbocycles. The molecular formula is C31H36Cl2N4O3S. The van der Waals surface area contributed by atoms with Crippen LogP contribution in [0.4, 0.5) is 5.69 Å². The van der Waals surface area contributed by atoms with Crippen molar-refractivity contribution < 1.29 is 13.9 Å². The van der Waals surface area contributed by atoms with E-state index in [9.17, 15) is 9.59 Å². The molecule has 1 aliphatic heterocycles. The summed E-state index contributed by atoms with van der Waals surface area (Å²) in [6, 6.07) is 11.2. The van der Waals surface area contributed by atoms with Crippen molar-refractivity contribution in [1.82, 2.24) is 15.2 Å². The van der Waals surface area contributed by atoms with Crippen molar-refractivity contribution in [2.75, 3.05) is 32.0 Å². The quantitative estimate of drug-likeness (QED) is 0.106. The van der Waals surface area contributed by atoms with Crippen LogP contribution in [-0.4, -0.2) is 48.4 Å². The van der Waals surface area contributed by atoms with Crippen molar-refractivity contribution in [3.8, 4) is 5.75 Å². The second-order valence-electron chi connectivity index (χ2n) is 10.2. The number of nitrogens with one attached hydrogen (secondary N) is 3. The maximum atomic E-state index is 13.0. The average Bonchev–Trinajstić information content (AvgIpc) is 3.41. The fraction of sp³-hybridized carbons (Fsp3) is 0.355. The molecule has 0 saturated heterocycles. The third-order valence-corrected chi connectivity index (χ3v) is 8.71. The molecular weight excluding hydrogens is 579 g/mol. The molecule has 0 spiro atoms. The van der Waals surface area contributed by atoms with E-state index >= 15 is 0 Å². The first kappa shape index (κ1) is 31.0. The van der Waals surface area contributed by atoms with Crippen LogP contribution in [0.3, 0.4) is 0 Å². The van der Waals surface area contributed by atoms with Crippen LogP contribution < -0.4 is 14.9 Å². The molecule has 0 saturated carbocycles. The highest BCUT2D eigenvalue weighted by atomic mass is 35.5. The Kier molecular flexibility index (Phi) is 10.8. The van der Waals surface area contributed by atoms with Gasteiger partial charge in [-0.05, 0) is 95.2 Å². The molecule has 1 aliphatic rings. The van der Waals surface area contributed by atoms with Crippen LogP contribution in [0.2, 0.25) is 5.02 Å². The number of halogens is 2. The zero-order chi connectivity index (χ0) is 29.5. The molecule has 3 aromatic rings. The summed E-state index contributed by atoms with van der Waals surface area (Å²) in [7, 11) is 2.13. The first-order chi connectivity index (χ1) is 19.7. The lowest BCUT2D eigenvalue weighted by atomic mass is 10.0. The van der Waals surface area contributed by atoms with Crippen molar-refractivity contribution in [3.63, 3.8) is 0 Å². The van der Waals surface area contributed by atoms with E-state index in [2.05, 4.69) is 34.5 Å². The number of nitrogens with zero attached hydrogens (tertiary/aromatic N) is 1. The predicted octanol–water partition coefficient (Wildman–Crippen LogP) is 7.45. The number of H-pyrrole nitrogens is 1. The molecule has 0 aliphatic carbocycles. The molecule has 0 bridgehead atoms. The van der Waals surface area contributed by atoms with Crippen molar-refractivity contribution in [2.45, 2.75) is 50.7 Å². The molecule has 2 heterocycles. The van der Waals surface area contributed by atoms with Crippen molar-refractivity contribution in [3.05, 3.63) is 75.1 Å². The number of aromatic amines is 1. The Morgan fingerprint density at radius 1 is 1.17 bits per heavy atom. The largest absolute Gasteiger partial charge is 0.385 e. The van der Waals surface area contributed by atoms with Gasteiger partial charge in [-0.2, -0.15) is 0 Å². The molecule has 3 N–H and O–H groups in total. The Morgan fingerprint density at radius 2 is 1.98 bits per heavy atom. The molecule has 0 fully saturated rings. The number of rotatable bonds is 13. The van der Waals surface area contributed by atoms with Gasteiger partial charge in [-0.1, -0.05) is 24.6 Å². The topological polar surface area (TPSA) is 86.5 Å². The summed E-state index contributed by atoms with van der Waals surface area (Å²) < 4.78 is 4.95. The first-order valence-electron chi connectivity index (χ1n) is 13.8. The van der Waals surface area contributed by atoms with Crippen LogP contribution in [0.25, 0.3) is 11.6 Å². The van der Waals surface area contributed by atoms with Crippen molar-refractivity contribution in [1.29, 1.82) is 0 Å². The second-order valence-corrected chi connectivity index (χ2v) is 11.8. The van der Waals surface area contributed by atoms with Crippen molar-refractivity contribution in [2.24, 2.45) is 0 Å². The molecule has 10 heteroatoms. The van der Waals surface area contributed by atoms with E-state index in [-0.39, 0.29) is 11.8 Å². The van der Waals surface area contributed by atoms with E-state index in [0.29, 0.717) is 34.2 Å². The van der Waals surface area contributed by atoms with Gasteiger partial charge in [0.25, 0.3) is 11.8 Å². The van der Waals surface area contributed by atoms with Gasteiger partial charge in [0.15, 0.2) is 5.75 Å². The third kappa shape index (κ3) is 7.49. The van der Waals surface area contributed by atoms with Crippen molar-refractivity contribution >= 4 is 64.4 Å². The van der Waals surface area contributed by atoms with Gasteiger partial charge in [-0.15, -0.1) is 11.8 Å². The lowest BCUT2D eigenvalue weighted by molar-refractivity contribution is -0.110. The number of benzene rings is 2.